The second kappa shape index (κ2) is 7.67. The molecule has 0 fully saturated rings. The van der Waals surface area contributed by atoms with Crippen molar-refractivity contribution in [3.05, 3.63) is 95.8 Å². The van der Waals surface area contributed by atoms with Crippen molar-refractivity contribution in [3.8, 4) is 17.0 Å². The van der Waals surface area contributed by atoms with E-state index in [1.165, 1.54) is 41.3 Å². The topological polar surface area (TPSA) is 60.1 Å². The van der Waals surface area contributed by atoms with Crippen molar-refractivity contribution in [2.75, 3.05) is 0 Å². The molecule has 4 aromatic rings. The Morgan fingerprint density at radius 2 is 1.76 bits per heavy atom. The van der Waals surface area contributed by atoms with E-state index in [-0.39, 0.29) is 23.8 Å². The van der Waals surface area contributed by atoms with Crippen LogP contribution in [0.3, 0.4) is 0 Å². The minimum atomic E-state index is -0.743. The summed E-state index contributed by atoms with van der Waals surface area (Å²) in [4.78, 5) is 12.3. The molecular formula is C21H14F3N3O2. The zero-order valence-corrected chi connectivity index (χ0v) is 14.9. The van der Waals surface area contributed by atoms with E-state index in [1.807, 2.05) is 0 Å². The normalized spacial score (nSPS) is 10.9. The molecule has 2 aromatic carbocycles. The van der Waals surface area contributed by atoms with Crippen LogP contribution in [-0.2, 0) is 6.54 Å². The van der Waals surface area contributed by atoms with Crippen LogP contribution in [0.25, 0.3) is 17.0 Å². The summed E-state index contributed by atoms with van der Waals surface area (Å²) in [7, 11) is 0. The lowest BCUT2D eigenvalue weighted by atomic mass is 10.2. The first-order valence-corrected chi connectivity index (χ1v) is 8.62. The van der Waals surface area contributed by atoms with Crippen LogP contribution in [0.5, 0.6) is 0 Å². The number of halogens is 3. The number of benzene rings is 2. The largest absolute Gasteiger partial charge is 0.451 e. The van der Waals surface area contributed by atoms with Gasteiger partial charge in [0.15, 0.2) is 11.6 Å². The van der Waals surface area contributed by atoms with Gasteiger partial charge < -0.3 is 9.73 Å². The van der Waals surface area contributed by atoms with Crippen molar-refractivity contribution in [3.63, 3.8) is 0 Å². The van der Waals surface area contributed by atoms with Gasteiger partial charge in [0.25, 0.3) is 5.91 Å². The molecular weight excluding hydrogens is 383 g/mol. The van der Waals surface area contributed by atoms with Crippen LogP contribution in [-0.4, -0.2) is 15.7 Å². The van der Waals surface area contributed by atoms with Gasteiger partial charge in [-0.3, -0.25) is 4.79 Å². The summed E-state index contributed by atoms with van der Waals surface area (Å²) in [5.41, 5.74) is 1.36. The number of nitrogens with one attached hydrogen (secondary N) is 1. The highest BCUT2D eigenvalue weighted by Crippen LogP contribution is 2.22. The van der Waals surface area contributed by atoms with Gasteiger partial charge in [0.2, 0.25) is 0 Å². The fraction of sp³-hybridized carbons (Fsp3) is 0.0476. The molecule has 0 saturated heterocycles. The van der Waals surface area contributed by atoms with Crippen molar-refractivity contribution in [1.29, 1.82) is 0 Å². The molecule has 0 radical (unpaired) electrons. The van der Waals surface area contributed by atoms with E-state index < -0.39 is 17.5 Å². The summed E-state index contributed by atoms with van der Waals surface area (Å²) in [6.07, 6.45) is 3.00. The van der Waals surface area contributed by atoms with E-state index in [0.29, 0.717) is 16.9 Å². The molecule has 1 N–H and O–H groups in total. The lowest BCUT2D eigenvalue weighted by Crippen LogP contribution is -2.22. The third kappa shape index (κ3) is 4.06. The Kier molecular flexibility index (Phi) is 4.90. The summed E-state index contributed by atoms with van der Waals surface area (Å²) >= 11 is 0. The molecule has 1 amide bonds. The Balaban J connectivity index is 1.41. The quantitative estimate of drug-likeness (QED) is 0.540. The third-order valence-electron chi connectivity index (χ3n) is 4.20. The summed E-state index contributed by atoms with van der Waals surface area (Å²) in [6.45, 7) is 0.133. The average molecular weight is 397 g/mol. The molecule has 0 bridgehead atoms. The standard InChI is InChI=1S/C21H14F3N3O2/c22-15-3-1-14(2-4-15)19-7-8-20(29-19)21(28)25-10-13-11-26-27(12-13)18-6-5-16(23)9-17(18)24/h1-9,11-12H,10H2,(H,25,28). The van der Waals surface area contributed by atoms with Gasteiger partial charge in [0, 0.05) is 29.9 Å². The van der Waals surface area contributed by atoms with Crippen LogP contribution < -0.4 is 5.32 Å². The highest BCUT2D eigenvalue weighted by atomic mass is 19.1. The Labute approximate surface area is 163 Å². The second-order valence-electron chi connectivity index (χ2n) is 6.24. The minimum absolute atomic E-state index is 0.0963. The number of furan rings is 1. The first-order chi connectivity index (χ1) is 14.0. The van der Waals surface area contributed by atoms with E-state index in [2.05, 4.69) is 10.4 Å². The van der Waals surface area contributed by atoms with Crippen LogP contribution in [0.15, 0.2) is 71.4 Å². The maximum Gasteiger partial charge on any atom is 0.287 e. The SMILES string of the molecule is O=C(NCc1cnn(-c2ccc(F)cc2F)c1)c1ccc(-c2ccc(F)cc2)o1. The molecule has 0 aliphatic heterocycles. The van der Waals surface area contributed by atoms with Crippen molar-refractivity contribution < 1.29 is 22.4 Å². The lowest BCUT2D eigenvalue weighted by molar-refractivity contribution is 0.0924. The van der Waals surface area contributed by atoms with Gasteiger partial charge in [0.1, 0.15) is 23.1 Å². The van der Waals surface area contributed by atoms with Crippen molar-refractivity contribution in [1.82, 2.24) is 15.1 Å². The van der Waals surface area contributed by atoms with Gasteiger partial charge in [0.05, 0.1) is 6.20 Å². The first-order valence-electron chi connectivity index (χ1n) is 8.62. The van der Waals surface area contributed by atoms with Crippen molar-refractivity contribution in [2.45, 2.75) is 6.54 Å². The summed E-state index contributed by atoms with van der Waals surface area (Å²) in [6, 6.07) is 12.0. The van der Waals surface area contributed by atoms with Crippen LogP contribution >= 0.6 is 0 Å². The zero-order chi connectivity index (χ0) is 20.4. The van der Waals surface area contributed by atoms with Crippen molar-refractivity contribution >= 4 is 5.91 Å². The Bertz CT molecular complexity index is 1170. The monoisotopic (exact) mass is 397 g/mol. The fourth-order valence-corrected chi connectivity index (χ4v) is 2.75. The number of carbonyl (C=O) groups excluding carboxylic acids is 1. The van der Waals surface area contributed by atoms with Crippen LogP contribution in [0.4, 0.5) is 13.2 Å². The van der Waals surface area contributed by atoms with E-state index in [9.17, 15) is 18.0 Å². The molecule has 0 spiro atoms. The van der Waals surface area contributed by atoms with Gasteiger partial charge in [-0.2, -0.15) is 5.10 Å². The van der Waals surface area contributed by atoms with E-state index >= 15 is 0 Å². The maximum absolute atomic E-state index is 13.8. The van der Waals surface area contributed by atoms with Gasteiger partial charge in [-0.15, -0.1) is 0 Å². The smallest absolute Gasteiger partial charge is 0.287 e. The highest BCUT2D eigenvalue weighted by Gasteiger charge is 2.13. The second-order valence-corrected chi connectivity index (χ2v) is 6.24. The van der Waals surface area contributed by atoms with Gasteiger partial charge >= 0.3 is 0 Å². The number of nitrogens with zero attached hydrogens (tertiary/aromatic N) is 2. The predicted octanol–water partition coefficient (Wildman–Crippen LogP) is 4.48. The molecule has 2 heterocycles. The van der Waals surface area contributed by atoms with Crippen LogP contribution in [0.1, 0.15) is 16.1 Å². The molecule has 0 atom stereocenters. The molecule has 8 heteroatoms. The molecule has 29 heavy (non-hydrogen) atoms. The summed E-state index contributed by atoms with van der Waals surface area (Å²) < 4.78 is 46.7. The molecule has 0 aliphatic rings. The molecule has 4 rings (SSSR count). The minimum Gasteiger partial charge on any atom is -0.451 e. The van der Waals surface area contributed by atoms with Gasteiger partial charge in [-0.05, 0) is 48.5 Å². The van der Waals surface area contributed by atoms with Gasteiger partial charge in [-0.25, -0.2) is 17.9 Å². The predicted molar refractivity (Wildman–Crippen MR) is 98.8 cm³/mol. The third-order valence-corrected chi connectivity index (χ3v) is 4.20. The number of hydrogen-bond acceptors (Lipinski definition) is 3. The zero-order valence-electron chi connectivity index (χ0n) is 14.9. The average Bonchev–Trinajstić information content (AvgIpc) is 3.37. The van der Waals surface area contributed by atoms with Gasteiger partial charge in [-0.1, -0.05) is 0 Å². The summed E-state index contributed by atoms with van der Waals surface area (Å²) in [5, 5.41) is 6.71. The summed E-state index contributed by atoms with van der Waals surface area (Å²) in [5.74, 6) is -1.69. The van der Waals surface area contributed by atoms with E-state index in [0.717, 1.165) is 12.1 Å². The fourth-order valence-electron chi connectivity index (χ4n) is 2.75. The number of hydrogen-bond donors (Lipinski definition) is 1. The van der Waals surface area contributed by atoms with E-state index in [1.54, 1.807) is 18.2 Å². The number of carbonyl (C=O) groups is 1. The van der Waals surface area contributed by atoms with Crippen molar-refractivity contribution in [2.24, 2.45) is 0 Å². The van der Waals surface area contributed by atoms with Crippen LogP contribution in [0.2, 0.25) is 0 Å². The molecule has 2 aromatic heterocycles. The maximum atomic E-state index is 13.8. The Hall–Kier alpha value is -3.81. The highest BCUT2D eigenvalue weighted by molar-refractivity contribution is 5.92. The van der Waals surface area contributed by atoms with E-state index in [4.69, 9.17) is 4.42 Å². The molecule has 5 nitrogen and oxygen atoms in total. The number of amides is 1. The number of rotatable bonds is 5. The molecule has 0 unspecified atom stereocenters. The molecule has 0 saturated carbocycles. The Morgan fingerprint density at radius 1 is 1.00 bits per heavy atom. The first kappa shape index (κ1) is 18.5. The lowest BCUT2D eigenvalue weighted by Gasteiger charge is -2.03. The number of aromatic nitrogens is 2. The Morgan fingerprint density at radius 3 is 2.52 bits per heavy atom. The van der Waals surface area contributed by atoms with Crippen LogP contribution in [0, 0.1) is 17.5 Å². The molecule has 146 valence electrons. The molecule has 0 aliphatic carbocycles.